The lowest BCUT2D eigenvalue weighted by Gasteiger charge is -2.20. The number of imide groups is 1. The van der Waals surface area contributed by atoms with Crippen LogP contribution >= 0.6 is 15.9 Å². The number of benzene rings is 2. The van der Waals surface area contributed by atoms with Gasteiger partial charge in [0.25, 0.3) is 5.91 Å². The number of carbonyl (C=O) groups excluding carboxylic acids is 2. The summed E-state index contributed by atoms with van der Waals surface area (Å²) in [5.41, 5.74) is -0.378. The molecule has 1 atom stereocenters. The van der Waals surface area contributed by atoms with E-state index in [0.29, 0.717) is 15.0 Å². The highest BCUT2D eigenvalue weighted by Gasteiger charge is 2.49. The Morgan fingerprint density at radius 1 is 1.21 bits per heavy atom. The minimum atomic E-state index is -1.20. The summed E-state index contributed by atoms with van der Waals surface area (Å²) in [7, 11) is 0. The van der Waals surface area contributed by atoms with Gasteiger partial charge in [-0.25, -0.2) is 9.18 Å². The fraction of sp³-hybridized carbons (Fsp3) is 0.118. The molecule has 3 rings (SSSR count). The van der Waals surface area contributed by atoms with Crippen LogP contribution in [0.15, 0.2) is 58.1 Å². The van der Waals surface area contributed by atoms with Crippen LogP contribution in [0.4, 0.5) is 9.18 Å². The molecule has 1 fully saturated rings. The van der Waals surface area contributed by atoms with E-state index in [9.17, 15) is 14.0 Å². The number of amides is 3. The molecule has 7 heteroatoms. The molecular formula is C17H13BrFN3O2. The molecule has 5 nitrogen and oxygen atoms in total. The summed E-state index contributed by atoms with van der Waals surface area (Å²) < 4.78 is 14.4. The zero-order valence-corrected chi connectivity index (χ0v) is 14.2. The molecule has 0 aromatic heterocycles. The number of hydrogen-bond acceptors (Lipinski definition) is 3. The molecule has 2 aromatic carbocycles. The van der Waals surface area contributed by atoms with E-state index in [4.69, 9.17) is 0 Å². The molecule has 0 spiro atoms. The van der Waals surface area contributed by atoms with Crippen LogP contribution in [-0.2, 0) is 10.3 Å². The van der Waals surface area contributed by atoms with Crippen molar-refractivity contribution in [1.29, 1.82) is 0 Å². The minimum Gasteiger partial charge on any atom is -0.318 e. The van der Waals surface area contributed by atoms with Crippen molar-refractivity contribution in [2.24, 2.45) is 5.10 Å². The van der Waals surface area contributed by atoms with Crippen molar-refractivity contribution in [2.45, 2.75) is 12.5 Å². The number of hydrazone groups is 1. The van der Waals surface area contributed by atoms with Gasteiger partial charge in [0.15, 0.2) is 0 Å². The quantitative estimate of drug-likeness (QED) is 0.645. The lowest BCUT2D eigenvalue weighted by atomic mass is 9.92. The maximum atomic E-state index is 13.8. The molecule has 1 aliphatic rings. The van der Waals surface area contributed by atoms with Crippen LogP contribution in [0.5, 0.6) is 0 Å². The lowest BCUT2D eigenvalue weighted by Crippen LogP contribution is -2.40. The minimum absolute atomic E-state index is 0.173. The second kappa shape index (κ2) is 6.16. The van der Waals surface area contributed by atoms with E-state index < -0.39 is 23.3 Å². The molecule has 0 unspecified atom stereocenters. The van der Waals surface area contributed by atoms with Crippen molar-refractivity contribution in [3.63, 3.8) is 0 Å². The maximum absolute atomic E-state index is 13.8. The van der Waals surface area contributed by atoms with Gasteiger partial charge in [-0.05, 0) is 30.7 Å². The van der Waals surface area contributed by atoms with E-state index in [-0.39, 0.29) is 5.56 Å². The highest BCUT2D eigenvalue weighted by molar-refractivity contribution is 9.10. The number of urea groups is 1. The van der Waals surface area contributed by atoms with Crippen molar-refractivity contribution in [1.82, 2.24) is 10.3 Å². The SMILES string of the molecule is C[C@]1(c2ccccc2)NC(=O)N(/N=C\c2ccc(Br)cc2F)C1=O. The molecule has 24 heavy (non-hydrogen) atoms. The topological polar surface area (TPSA) is 61.8 Å². The fourth-order valence-corrected chi connectivity index (χ4v) is 2.76. The van der Waals surface area contributed by atoms with Crippen LogP contribution in [0.25, 0.3) is 0 Å². The van der Waals surface area contributed by atoms with Gasteiger partial charge in [0.2, 0.25) is 0 Å². The Morgan fingerprint density at radius 3 is 2.58 bits per heavy atom. The number of rotatable bonds is 3. The van der Waals surface area contributed by atoms with Gasteiger partial charge in [-0.3, -0.25) is 4.79 Å². The highest BCUT2D eigenvalue weighted by atomic mass is 79.9. The van der Waals surface area contributed by atoms with Crippen LogP contribution in [0, 0.1) is 5.82 Å². The Balaban J connectivity index is 1.89. The molecular weight excluding hydrogens is 377 g/mol. The summed E-state index contributed by atoms with van der Waals surface area (Å²) in [5.74, 6) is -1.03. The average molecular weight is 390 g/mol. The van der Waals surface area contributed by atoms with Crippen molar-refractivity contribution in [2.75, 3.05) is 0 Å². The van der Waals surface area contributed by atoms with Gasteiger partial charge in [0.05, 0.1) is 6.21 Å². The summed E-state index contributed by atoms with van der Waals surface area (Å²) in [4.78, 5) is 24.7. The first kappa shape index (κ1) is 16.3. The molecule has 3 amide bonds. The monoisotopic (exact) mass is 389 g/mol. The molecule has 0 radical (unpaired) electrons. The Kier molecular flexibility index (Phi) is 4.19. The third-order valence-electron chi connectivity index (χ3n) is 3.80. The normalized spacial score (nSPS) is 20.7. The van der Waals surface area contributed by atoms with Gasteiger partial charge in [-0.1, -0.05) is 46.3 Å². The lowest BCUT2D eigenvalue weighted by molar-refractivity contribution is -0.131. The van der Waals surface area contributed by atoms with Crippen molar-refractivity contribution in [3.8, 4) is 0 Å². The van der Waals surface area contributed by atoms with Crippen LogP contribution in [0.1, 0.15) is 18.1 Å². The average Bonchev–Trinajstić information content (AvgIpc) is 2.78. The second-order valence-electron chi connectivity index (χ2n) is 5.45. The van der Waals surface area contributed by atoms with Crippen LogP contribution < -0.4 is 5.32 Å². The number of nitrogens with zero attached hydrogens (tertiary/aromatic N) is 2. The van der Waals surface area contributed by atoms with Gasteiger partial charge < -0.3 is 5.32 Å². The Bertz CT molecular complexity index is 841. The maximum Gasteiger partial charge on any atom is 0.346 e. The van der Waals surface area contributed by atoms with E-state index in [1.165, 1.54) is 12.1 Å². The molecule has 1 heterocycles. The van der Waals surface area contributed by atoms with Crippen molar-refractivity contribution < 1.29 is 14.0 Å². The summed E-state index contributed by atoms with van der Waals surface area (Å²) in [6, 6.07) is 12.6. The van der Waals surface area contributed by atoms with Gasteiger partial charge in [0.1, 0.15) is 11.4 Å². The van der Waals surface area contributed by atoms with E-state index in [1.54, 1.807) is 37.3 Å². The van der Waals surface area contributed by atoms with Gasteiger partial charge >= 0.3 is 6.03 Å². The fourth-order valence-electron chi connectivity index (χ4n) is 2.42. The zero-order valence-electron chi connectivity index (χ0n) is 12.7. The van der Waals surface area contributed by atoms with E-state index in [2.05, 4.69) is 26.3 Å². The van der Waals surface area contributed by atoms with Crippen LogP contribution in [0.3, 0.4) is 0 Å². The smallest absolute Gasteiger partial charge is 0.318 e. The molecule has 2 aromatic rings. The van der Waals surface area contributed by atoms with E-state index in [0.717, 1.165) is 6.21 Å². The van der Waals surface area contributed by atoms with Gasteiger partial charge in [0, 0.05) is 10.0 Å². The van der Waals surface area contributed by atoms with Crippen molar-refractivity contribution >= 4 is 34.1 Å². The van der Waals surface area contributed by atoms with Crippen LogP contribution in [-0.4, -0.2) is 23.2 Å². The predicted molar refractivity (Wildman–Crippen MR) is 90.9 cm³/mol. The van der Waals surface area contributed by atoms with E-state index >= 15 is 0 Å². The Hall–Kier alpha value is -2.54. The molecule has 1 aliphatic heterocycles. The summed E-state index contributed by atoms with van der Waals surface area (Å²) in [5, 5.41) is 7.20. The van der Waals surface area contributed by atoms with Gasteiger partial charge in [-0.15, -0.1) is 5.01 Å². The molecule has 1 saturated heterocycles. The second-order valence-corrected chi connectivity index (χ2v) is 6.36. The Morgan fingerprint density at radius 2 is 1.92 bits per heavy atom. The van der Waals surface area contributed by atoms with Crippen LogP contribution in [0.2, 0.25) is 0 Å². The van der Waals surface area contributed by atoms with Gasteiger partial charge in [-0.2, -0.15) is 5.10 Å². The molecule has 0 aliphatic carbocycles. The standard InChI is InChI=1S/C17H13BrFN3O2/c1-17(12-5-3-2-4-6-12)15(23)22(16(24)21-17)20-10-11-7-8-13(18)9-14(11)19/h2-10H,1H3,(H,21,24)/b20-10-/t17-/m1/s1. The van der Waals surface area contributed by atoms with E-state index in [1.807, 2.05) is 6.07 Å². The summed E-state index contributed by atoms with van der Waals surface area (Å²) in [6.45, 7) is 1.61. The molecule has 0 bridgehead atoms. The third kappa shape index (κ3) is 2.82. The summed E-state index contributed by atoms with van der Waals surface area (Å²) >= 11 is 3.16. The molecule has 0 saturated carbocycles. The first-order chi connectivity index (χ1) is 11.4. The first-order valence-corrected chi connectivity index (χ1v) is 7.92. The first-order valence-electron chi connectivity index (χ1n) is 7.13. The third-order valence-corrected chi connectivity index (χ3v) is 4.29. The Labute approximate surface area is 146 Å². The number of hydrogen-bond donors (Lipinski definition) is 1. The highest BCUT2D eigenvalue weighted by Crippen LogP contribution is 2.28. The number of halogens is 2. The van der Waals surface area contributed by atoms with Crippen molar-refractivity contribution in [3.05, 3.63) is 69.9 Å². The number of carbonyl (C=O) groups is 2. The predicted octanol–water partition coefficient (Wildman–Crippen LogP) is 3.39. The molecule has 122 valence electrons. The zero-order chi connectivity index (χ0) is 17.3. The number of nitrogens with one attached hydrogen (secondary N) is 1. The largest absolute Gasteiger partial charge is 0.346 e. The molecule has 1 N–H and O–H groups in total. The summed E-state index contributed by atoms with van der Waals surface area (Å²) in [6.07, 6.45) is 1.15.